The molecule has 2 N–H and O–H groups in total. The van der Waals surface area contributed by atoms with Crippen molar-refractivity contribution in [3.63, 3.8) is 0 Å². The van der Waals surface area contributed by atoms with Gasteiger partial charge in [0.2, 0.25) is 5.89 Å². The third kappa shape index (κ3) is 6.34. The summed E-state index contributed by atoms with van der Waals surface area (Å²) in [7, 11) is 0. The number of aliphatic hydroxyl groups excluding tert-OH is 2. The molecule has 6 heteroatoms. The molecule has 4 aliphatic rings. The van der Waals surface area contributed by atoms with E-state index in [9.17, 15) is 15.0 Å². The van der Waals surface area contributed by atoms with Crippen molar-refractivity contribution in [1.82, 2.24) is 4.98 Å². The van der Waals surface area contributed by atoms with E-state index in [4.69, 9.17) is 9.15 Å². The van der Waals surface area contributed by atoms with Crippen molar-refractivity contribution in [3.05, 3.63) is 65.5 Å². The van der Waals surface area contributed by atoms with Crippen molar-refractivity contribution in [2.45, 2.75) is 128 Å². The number of carbonyl (C=O) groups is 1. The monoisotopic (exact) mass is 563 g/mol. The lowest BCUT2D eigenvalue weighted by atomic mass is 9.63. The van der Waals surface area contributed by atoms with E-state index in [0.717, 1.165) is 61.9 Å². The number of esters is 1. The number of ether oxygens (including phenoxy) is 1. The van der Waals surface area contributed by atoms with Crippen LogP contribution in [0.2, 0.25) is 0 Å². The maximum atomic E-state index is 12.1. The fourth-order valence-corrected chi connectivity index (χ4v) is 7.84. The molecule has 1 aromatic heterocycles. The summed E-state index contributed by atoms with van der Waals surface area (Å²) >= 11 is 0. The minimum Gasteiger partial charge on any atom is -0.457 e. The molecule has 0 spiro atoms. The molecule has 41 heavy (non-hydrogen) atoms. The van der Waals surface area contributed by atoms with Crippen molar-refractivity contribution in [2.24, 2.45) is 17.3 Å². The summed E-state index contributed by atoms with van der Waals surface area (Å²) in [5.74, 6) is 2.48. The summed E-state index contributed by atoms with van der Waals surface area (Å²) in [5, 5.41) is 20.4. The van der Waals surface area contributed by atoms with E-state index < -0.39 is 12.2 Å². The Morgan fingerprint density at radius 1 is 1.27 bits per heavy atom. The number of unbranched alkanes of at least 4 members (excludes halogenated alkanes) is 1. The van der Waals surface area contributed by atoms with E-state index in [0.29, 0.717) is 30.6 Å². The molecule has 4 fully saturated rings. The first-order valence-electron chi connectivity index (χ1n) is 15.9. The van der Waals surface area contributed by atoms with Gasteiger partial charge in [0, 0.05) is 19.8 Å². The highest BCUT2D eigenvalue weighted by atomic mass is 16.5. The van der Waals surface area contributed by atoms with Gasteiger partial charge in [-0.1, -0.05) is 50.6 Å². The van der Waals surface area contributed by atoms with E-state index in [2.05, 4.69) is 49.7 Å². The van der Waals surface area contributed by atoms with Gasteiger partial charge in [0.15, 0.2) is 0 Å². The maximum absolute atomic E-state index is 12.1. The highest BCUT2D eigenvalue weighted by molar-refractivity contribution is 5.66. The molecule has 6 atom stereocenters. The van der Waals surface area contributed by atoms with Crippen LogP contribution in [0.15, 0.2) is 58.2 Å². The Kier molecular flexibility index (Phi) is 9.10. The first-order valence-corrected chi connectivity index (χ1v) is 15.9. The van der Waals surface area contributed by atoms with Gasteiger partial charge in [-0.15, -0.1) is 0 Å². The molecule has 4 unspecified atom stereocenters. The van der Waals surface area contributed by atoms with Gasteiger partial charge in [-0.25, -0.2) is 4.98 Å². The molecule has 0 saturated heterocycles. The maximum Gasteiger partial charge on any atom is 0.303 e. The van der Waals surface area contributed by atoms with Gasteiger partial charge >= 0.3 is 5.97 Å². The van der Waals surface area contributed by atoms with Crippen LogP contribution in [0.25, 0.3) is 0 Å². The lowest BCUT2D eigenvalue weighted by Crippen LogP contribution is -2.33. The summed E-state index contributed by atoms with van der Waals surface area (Å²) in [5.41, 5.74) is 3.12. The molecule has 1 aromatic rings. The number of hydrogen-bond acceptors (Lipinski definition) is 6. The van der Waals surface area contributed by atoms with Crippen LogP contribution >= 0.6 is 0 Å². The quantitative estimate of drug-likeness (QED) is 0.234. The van der Waals surface area contributed by atoms with E-state index >= 15 is 0 Å². The second-order valence-electron chi connectivity index (χ2n) is 13.3. The van der Waals surface area contributed by atoms with Crippen molar-refractivity contribution >= 4 is 5.97 Å². The number of hydrogen-bond donors (Lipinski definition) is 2. The van der Waals surface area contributed by atoms with Crippen LogP contribution in [-0.2, 0) is 21.4 Å². The van der Waals surface area contributed by atoms with Crippen LogP contribution in [0, 0.1) is 17.3 Å². The molecule has 0 amide bonds. The normalized spacial score (nSPS) is 33.8. The van der Waals surface area contributed by atoms with Gasteiger partial charge in [-0.3, -0.25) is 4.79 Å². The standard InChI is InChI=1S/C35H49NO5/c1-5-6-11-29-22-36-33(41-29)35(18-19-35)32(40-24(3)37)12-7-10-27-15-16-30-25(9-8-17-34(27,30)4)13-14-26-20-28(38)21-31(39)23(26)2/h7,12-14,22,27-28,30-32,38-39H,2,5-6,8-11,15-21H2,1,3-4H3/b12-7+,25-13+,26-14-/t27?,28-,30?,31+,32?,34?/m1/s1. The van der Waals surface area contributed by atoms with Gasteiger partial charge in [-0.05, 0) is 98.7 Å². The Bertz CT molecular complexity index is 1200. The van der Waals surface area contributed by atoms with Crippen LogP contribution in [-0.4, -0.2) is 39.5 Å². The average Bonchev–Trinajstić information content (AvgIpc) is 3.47. The fraction of sp³-hybridized carbons (Fsp3) is 0.657. The van der Waals surface area contributed by atoms with Crippen LogP contribution in [0.5, 0.6) is 0 Å². The molecule has 0 radical (unpaired) electrons. The van der Waals surface area contributed by atoms with Crippen molar-refractivity contribution in [3.8, 4) is 0 Å². The Morgan fingerprint density at radius 2 is 2.07 bits per heavy atom. The predicted octanol–water partition coefficient (Wildman–Crippen LogP) is 7.07. The fourth-order valence-electron chi connectivity index (χ4n) is 7.84. The smallest absolute Gasteiger partial charge is 0.303 e. The van der Waals surface area contributed by atoms with Gasteiger partial charge in [0.1, 0.15) is 11.9 Å². The Hall–Kier alpha value is -2.44. The molecule has 0 bridgehead atoms. The largest absolute Gasteiger partial charge is 0.457 e. The molecule has 4 saturated carbocycles. The van der Waals surface area contributed by atoms with E-state index in [-0.39, 0.29) is 22.9 Å². The summed E-state index contributed by atoms with van der Waals surface area (Å²) in [6, 6.07) is 0. The Morgan fingerprint density at radius 3 is 2.80 bits per heavy atom. The second-order valence-corrected chi connectivity index (χ2v) is 13.3. The number of allylic oxidation sites excluding steroid dienone is 4. The Balaban J connectivity index is 1.27. The summed E-state index contributed by atoms with van der Waals surface area (Å²) in [6.07, 6.45) is 21.8. The highest BCUT2D eigenvalue weighted by Gasteiger charge is 2.56. The number of aryl methyl sites for hydroxylation is 1. The molecule has 224 valence electrons. The van der Waals surface area contributed by atoms with Crippen molar-refractivity contribution in [2.75, 3.05) is 0 Å². The molecule has 0 aliphatic heterocycles. The summed E-state index contributed by atoms with van der Waals surface area (Å²) in [6.45, 7) is 10.2. The molecule has 1 heterocycles. The van der Waals surface area contributed by atoms with E-state index in [1.807, 2.05) is 6.20 Å². The predicted molar refractivity (Wildman–Crippen MR) is 160 cm³/mol. The number of fused-ring (bicyclic) bond motifs is 1. The highest BCUT2D eigenvalue weighted by Crippen LogP contribution is 2.59. The number of aromatic nitrogens is 1. The van der Waals surface area contributed by atoms with Gasteiger partial charge < -0.3 is 19.4 Å². The molecule has 6 nitrogen and oxygen atoms in total. The molecular formula is C35H49NO5. The second kappa shape index (κ2) is 12.4. The molecule has 0 aromatic carbocycles. The molecule has 5 rings (SSSR count). The topological polar surface area (TPSA) is 92.8 Å². The third-order valence-electron chi connectivity index (χ3n) is 10.5. The Labute approximate surface area is 245 Å². The number of aliphatic hydroxyl groups is 2. The number of rotatable bonds is 10. The summed E-state index contributed by atoms with van der Waals surface area (Å²) < 4.78 is 12.0. The minimum atomic E-state index is -0.653. The van der Waals surface area contributed by atoms with Crippen LogP contribution in [0.3, 0.4) is 0 Å². The van der Waals surface area contributed by atoms with Crippen molar-refractivity contribution in [1.29, 1.82) is 0 Å². The lowest BCUT2D eigenvalue weighted by Gasteiger charge is -2.42. The van der Waals surface area contributed by atoms with Crippen LogP contribution in [0.4, 0.5) is 0 Å². The minimum absolute atomic E-state index is 0.237. The molecular weight excluding hydrogens is 514 g/mol. The lowest BCUT2D eigenvalue weighted by molar-refractivity contribution is -0.145. The zero-order chi connectivity index (χ0) is 29.2. The zero-order valence-corrected chi connectivity index (χ0v) is 25.2. The SMILES string of the molecule is C=C1/C(=C\C=C2/CCCC3(C)C(C/C=C/C(OC(C)=O)C4(c5ncc(CCCC)o5)CC4)CCC23)C[C@@H](O)C[C@@H]1O. The number of nitrogens with zero attached hydrogens (tertiary/aromatic N) is 1. The summed E-state index contributed by atoms with van der Waals surface area (Å²) in [4.78, 5) is 16.7. The van der Waals surface area contributed by atoms with Gasteiger partial charge in [0.25, 0.3) is 0 Å². The average molecular weight is 564 g/mol. The molecule has 4 aliphatic carbocycles. The number of carbonyl (C=O) groups excluding carboxylic acids is 1. The van der Waals surface area contributed by atoms with Crippen LogP contribution in [0.1, 0.15) is 109 Å². The third-order valence-corrected chi connectivity index (χ3v) is 10.5. The van der Waals surface area contributed by atoms with Crippen LogP contribution < -0.4 is 0 Å². The zero-order valence-electron chi connectivity index (χ0n) is 25.2. The van der Waals surface area contributed by atoms with E-state index in [1.54, 1.807) is 0 Å². The van der Waals surface area contributed by atoms with Crippen molar-refractivity contribution < 1.29 is 24.2 Å². The van der Waals surface area contributed by atoms with Gasteiger partial charge in [0.05, 0.1) is 23.8 Å². The first-order chi connectivity index (χ1) is 19.7. The first kappa shape index (κ1) is 30.0. The van der Waals surface area contributed by atoms with E-state index in [1.165, 1.54) is 38.2 Å². The number of oxazole rings is 1. The van der Waals surface area contributed by atoms with Gasteiger partial charge in [-0.2, -0.15) is 0 Å².